The van der Waals surface area contributed by atoms with Crippen molar-refractivity contribution in [2.75, 3.05) is 7.11 Å². The molecule has 3 rings (SSSR count). The van der Waals surface area contributed by atoms with E-state index in [1.165, 1.54) is 20.0 Å². The van der Waals surface area contributed by atoms with Crippen molar-refractivity contribution in [3.8, 4) is 0 Å². The fourth-order valence-electron chi connectivity index (χ4n) is 5.31. The van der Waals surface area contributed by atoms with Gasteiger partial charge >= 0.3 is 5.97 Å². The fourth-order valence-corrected chi connectivity index (χ4v) is 5.31. The smallest absolute Gasteiger partial charge is 0.328 e. The van der Waals surface area contributed by atoms with Gasteiger partial charge in [-0.25, -0.2) is 4.79 Å². The van der Waals surface area contributed by atoms with E-state index in [0.29, 0.717) is 17.9 Å². The molecule has 35 heavy (non-hydrogen) atoms. The van der Waals surface area contributed by atoms with Crippen LogP contribution in [0.4, 0.5) is 0 Å². The number of nitrogens with one attached hydrogen (secondary N) is 2. The number of carbonyl (C=O) groups is 3. The second-order valence-electron chi connectivity index (χ2n) is 9.75. The molecule has 1 amide bonds. The van der Waals surface area contributed by atoms with Crippen LogP contribution in [0.3, 0.4) is 0 Å². The van der Waals surface area contributed by atoms with Crippen LogP contribution in [0.15, 0.2) is 24.3 Å². The number of methoxy groups -OCH3 is 1. The Kier molecular flexibility index (Phi) is 11.7. The van der Waals surface area contributed by atoms with Crippen LogP contribution in [-0.2, 0) is 25.5 Å². The number of rotatable bonds is 8. The Bertz CT molecular complexity index is 839. The Labute approximate surface area is 208 Å². The summed E-state index contributed by atoms with van der Waals surface area (Å²) in [6, 6.07) is 7.04. The number of nitrogen functional groups attached to an aromatic ring is 1. The zero-order valence-corrected chi connectivity index (χ0v) is 21.1. The summed E-state index contributed by atoms with van der Waals surface area (Å²) in [5.74, 6) is -0.824. The monoisotopic (exact) mass is 487 g/mol. The van der Waals surface area contributed by atoms with Crippen LogP contribution in [0.1, 0.15) is 82.3 Å². The van der Waals surface area contributed by atoms with Crippen molar-refractivity contribution < 1.29 is 24.2 Å². The Morgan fingerprint density at radius 2 is 1.49 bits per heavy atom. The lowest BCUT2D eigenvalue weighted by atomic mass is 9.76. The van der Waals surface area contributed by atoms with Crippen molar-refractivity contribution in [1.29, 1.82) is 5.41 Å². The van der Waals surface area contributed by atoms with Gasteiger partial charge in [0, 0.05) is 18.4 Å². The first kappa shape index (κ1) is 28.3. The number of nitrogens with two attached hydrogens (primary N) is 1. The zero-order valence-electron chi connectivity index (χ0n) is 21.1. The van der Waals surface area contributed by atoms with Crippen molar-refractivity contribution >= 4 is 23.7 Å². The topological polar surface area (TPSA) is 143 Å². The molecule has 2 atom stereocenters. The summed E-state index contributed by atoms with van der Waals surface area (Å²) in [7, 11) is 1.40. The van der Waals surface area contributed by atoms with Gasteiger partial charge in [0.2, 0.25) is 5.91 Å². The fraction of sp³-hybridized carbons (Fsp3) is 0.630. The second-order valence-corrected chi connectivity index (χ2v) is 9.75. The molecule has 0 aliphatic heterocycles. The number of benzene rings is 1. The van der Waals surface area contributed by atoms with E-state index in [2.05, 4.69) is 5.32 Å². The minimum Gasteiger partial charge on any atom is -0.481 e. The average Bonchev–Trinajstić information content (AvgIpc) is 2.86. The lowest BCUT2D eigenvalue weighted by molar-refractivity contribution is -0.148. The number of carbonyl (C=O) groups excluding carboxylic acids is 2. The molecule has 2 saturated carbocycles. The minimum atomic E-state index is -0.833. The number of amides is 1. The molecule has 8 heteroatoms. The molecule has 0 radical (unpaired) electrons. The third-order valence-electron chi connectivity index (χ3n) is 7.15. The molecule has 0 heterocycles. The lowest BCUT2D eigenvalue weighted by Crippen LogP contribution is -2.50. The zero-order chi connectivity index (χ0) is 25.8. The maximum atomic E-state index is 13.5. The first-order valence-electron chi connectivity index (χ1n) is 12.7. The maximum absolute atomic E-state index is 13.5. The SMILES string of the molecule is CC(=O)O.COC(=O)[C@@H](NC(=O)[C@H](Cc1ccc(C(=N)N)cc1)C1CCCCC1)C1CCCCC1. The van der Waals surface area contributed by atoms with Gasteiger partial charge in [0.25, 0.3) is 5.97 Å². The quantitative estimate of drug-likeness (QED) is 0.248. The van der Waals surface area contributed by atoms with Crippen LogP contribution < -0.4 is 11.1 Å². The molecule has 0 spiro atoms. The normalized spacial score (nSPS) is 18.3. The van der Waals surface area contributed by atoms with Crippen molar-refractivity contribution in [3.05, 3.63) is 35.4 Å². The number of aliphatic carboxylic acids is 1. The van der Waals surface area contributed by atoms with E-state index < -0.39 is 12.0 Å². The standard InChI is InChI=1S/C25H37N3O3.C2H4O2/c1-31-25(30)22(19-10-6-3-7-11-19)28-24(29)21(18-8-4-2-5-9-18)16-17-12-14-20(15-13-17)23(26)27;1-2(3)4/h12-15,18-19,21-22H,2-11,16H2,1H3,(H3,26,27)(H,28,29);1H3,(H,3,4)/t21-,22+;/m1./s1. The van der Waals surface area contributed by atoms with Crippen molar-refractivity contribution in [2.45, 2.75) is 83.6 Å². The van der Waals surface area contributed by atoms with Gasteiger partial charge in [0.05, 0.1) is 7.11 Å². The summed E-state index contributed by atoms with van der Waals surface area (Å²) in [6.07, 6.45) is 11.6. The molecule has 0 aromatic heterocycles. The predicted molar refractivity (Wildman–Crippen MR) is 135 cm³/mol. The van der Waals surface area contributed by atoms with Gasteiger partial charge in [-0.2, -0.15) is 0 Å². The van der Waals surface area contributed by atoms with Crippen molar-refractivity contribution in [1.82, 2.24) is 5.32 Å². The van der Waals surface area contributed by atoms with Crippen LogP contribution in [0, 0.1) is 23.2 Å². The Balaban J connectivity index is 0.00000100. The van der Waals surface area contributed by atoms with Crippen LogP contribution in [0.5, 0.6) is 0 Å². The predicted octanol–water partition coefficient (Wildman–Crippen LogP) is 4.04. The van der Waals surface area contributed by atoms with Crippen molar-refractivity contribution in [3.63, 3.8) is 0 Å². The third kappa shape index (κ3) is 9.34. The number of carboxylic acid groups (broad SMARTS) is 1. The van der Waals surface area contributed by atoms with Crippen LogP contribution in [0.25, 0.3) is 0 Å². The number of ether oxygens (including phenoxy) is 1. The van der Waals surface area contributed by atoms with E-state index in [9.17, 15) is 9.59 Å². The molecule has 1 aromatic carbocycles. The van der Waals surface area contributed by atoms with Crippen molar-refractivity contribution in [2.24, 2.45) is 23.5 Å². The average molecular weight is 488 g/mol. The van der Waals surface area contributed by atoms with Gasteiger partial charge in [-0.05, 0) is 49.5 Å². The highest BCUT2D eigenvalue weighted by Gasteiger charge is 2.36. The van der Waals surface area contributed by atoms with Gasteiger partial charge in [-0.1, -0.05) is 62.8 Å². The number of hydrogen-bond acceptors (Lipinski definition) is 5. The highest BCUT2D eigenvalue weighted by molar-refractivity contribution is 5.94. The highest BCUT2D eigenvalue weighted by Crippen LogP contribution is 2.33. The molecule has 1 aromatic rings. The van der Waals surface area contributed by atoms with E-state index >= 15 is 0 Å². The third-order valence-corrected chi connectivity index (χ3v) is 7.15. The molecule has 0 saturated heterocycles. The number of esters is 1. The van der Waals surface area contributed by atoms with E-state index in [-0.39, 0.29) is 29.5 Å². The first-order valence-corrected chi connectivity index (χ1v) is 12.7. The Morgan fingerprint density at radius 1 is 1.00 bits per heavy atom. The molecule has 2 fully saturated rings. The molecular weight excluding hydrogens is 446 g/mol. The molecular formula is C27H41N3O5. The molecule has 5 N–H and O–H groups in total. The first-order chi connectivity index (χ1) is 16.7. The van der Waals surface area contributed by atoms with E-state index in [1.807, 2.05) is 24.3 Å². The summed E-state index contributed by atoms with van der Waals surface area (Å²) < 4.78 is 5.06. The van der Waals surface area contributed by atoms with Gasteiger partial charge in [-0.15, -0.1) is 0 Å². The summed E-state index contributed by atoms with van der Waals surface area (Å²) in [5, 5.41) is 18.1. The lowest BCUT2D eigenvalue weighted by Gasteiger charge is -2.33. The van der Waals surface area contributed by atoms with Gasteiger partial charge in [0.15, 0.2) is 0 Å². The Hall–Kier alpha value is -2.90. The van der Waals surface area contributed by atoms with Gasteiger partial charge in [-0.3, -0.25) is 15.0 Å². The number of hydrogen-bond donors (Lipinski definition) is 4. The largest absolute Gasteiger partial charge is 0.481 e. The second kappa shape index (κ2) is 14.5. The van der Waals surface area contributed by atoms with Crippen LogP contribution >= 0.6 is 0 Å². The molecule has 2 aliphatic rings. The van der Waals surface area contributed by atoms with E-state index in [1.54, 1.807) is 0 Å². The summed E-state index contributed by atoms with van der Waals surface area (Å²) >= 11 is 0. The Morgan fingerprint density at radius 3 is 1.94 bits per heavy atom. The van der Waals surface area contributed by atoms with Gasteiger partial charge < -0.3 is 20.9 Å². The van der Waals surface area contributed by atoms with Crippen LogP contribution in [0.2, 0.25) is 0 Å². The minimum absolute atomic E-state index is 0.0245. The molecule has 194 valence electrons. The molecule has 8 nitrogen and oxygen atoms in total. The maximum Gasteiger partial charge on any atom is 0.328 e. The van der Waals surface area contributed by atoms with E-state index in [0.717, 1.165) is 63.9 Å². The number of amidine groups is 1. The molecule has 2 aliphatic carbocycles. The highest BCUT2D eigenvalue weighted by atomic mass is 16.5. The van der Waals surface area contributed by atoms with E-state index in [4.69, 9.17) is 25.8 Å². The molecule has 0 bridgehead atoms. The summed E-state index contributed by atoms with van der Waals surface area (Å²) in [4.78, 5) is 35.1. The van der Waals surface area contributed by atoms with Crippen LogP contribution in [-0.4, -0.2) is 41.9 Å². The number of carboxylic acids is 1. The van der Waals surface area contributed by atoms with Gasteiger partial charge in [0.1, 0.15) is 11.9 Å². The summed E-state index contributed by atoms with van der Waals surface area (Å²) in [5.41, 5.74) is 7.32. The summed E-state index contributed by atoms with van der Waals surface area (Å²) in [6.45, 7) is 1.08. The molecule has 0 unspecified atom stereocenters.